The molecule has 2 aromatic rings. The predicted octanol–water partition coefficient (Wildman–Crippen LogP) is 3.51. The van der Waals surface area contributed by atoms with Crippen LogP contribution in [0.4, 0.5) is 0 Å². The van der Waals surface area contributed by atoms with Crippen LogP contribution in [0.25, 0.3) is 11.3 Å². The molecule has 1 aromatic heterocycles. The fraction of sp³-hybridized carbons (Fsp3) is 0.524. The summed E-state index contributed by atoms with van der Waals surface area (Å²) in [4.78, 5) is 15.4. The van der Waals surface area contributed by atoms with Gasteiger partial charge in [0.2, 0.25) is 5.91 Å². The number of nitrogens with zero attached hydrogens (tertiary/aromatic N) is 2. The molecule has 1 aliphatic rings. The minimum atomic E-state index is -0.452. The van der Waals surface area contributed by atoms with Crippen molar-refractivity contribution in [3.63, 3.8) is 0 Å². The average Bonchev–Trinajstić information content (AvgIpc) is 3.11. The highest BCUT2D eigenvalue weighted by Crippen LogP contribution is 2.36. The number of amides is 1. The largest absolute Gasteiger partial charge is 0.361 e. The number of likely N-dealkylation sites (tertiary alicyclic amines) is 1. The first-order valence-electron chi connectivity index (χ1n) is 9.57. The molecule has 5 heteroatoms. The Morgan fingerprint density at radius 2 is 2.12 bits per heavy atom. The van der Waals surface area contributed by atoms with Crippen LogP contribution in [0, 0.1) is 5.41 Å². The van der Waals surface area contributed by atoms with Crippen molar-refractivity contribution >= 4 is 5.91 Å². The van der Waals surface area contributed by atoms with E-state index < -0.39 is 5.41 Å². The maximum absolute atomic E-state index is 13.0. The second kappa shape index (κ2) is 8.04. The van der Waals surface area contributed by atoms with E-state index in [1.54, 1.807) is 0 Å². The van der Waals surface area contributed by atoms with Crippen molar-refractivity contribution in [1.82, 2.24) is 15.4 Å². The summed E-state index contributed by atoms with van der Waals surface area (Å²) in [6, 6.07) is 12.4. The molecule has 3 rings (SSSR count). The molecule has 0 radical (unpaired) electrons. The van der Waals surface area contributed by atoms with Gasteiger partial charge < -0.3 is 9.84 Å². The molecule has 0 saturated carbocycles. The van der Waals surface area contributed by atoms with Crippen molar-refractivity contribution in [3.8, 4) is 11.3 Å². The van der Waals surface area contributed by atoms with Gasteiger partial charge in [-0.2, -0.15) is 0 Å². The minimum absolute atomic E-state index is 0.128. The van der Waals surface area contributed by atoms with Gasteiger partial charge in [-0.05, 0) is 40.2 Å². The van der Waals surface area contributed by atoms with E-state index in [2.05, 4.69) is 29.2 Å². The average molecular weight is 355 g/mol. The van der Waals surface area contributed by atoms with Gasteiger partial charge in [0, 0.05) is 37.2 Å². The number of carbonyl (C=O) groups excluding carboxylic acids is 1. The first-order chi connectivity index (χ1) is 12.5. The van der Waals surface area contributed by atoms with Crippen molar-refractivity contribution < 1.29 is 9.32 Å². The Morgan fingerprint density at radius 3 is 2.81 bits per heavy atom. The molecule has 1 aromatic carbocycles. The van der Waals surface area contributed by atoms with Gasteiger partial charge in [-0.25, -0.2) is 0 Å². The Morgan fingerprint density at radius 1 is 1.35 bits per heavy atom. The van der Waals surface area contributed by atoms with Crippen LogP contribution in [0.1, 0.15) is 39.4 Å². The summed E-state index contributed by atoms with van der Waals surface area (Å²) < 4.78 is 5.62. The van der Waals surface area contributed by atoms with Gasteiger partial charge in [-0.3, -0.25) is 9.69 Å². The molecule has 2 heterocycles. The predicted molar refractivity (Wildman–Crippen MR) is 103 cm³/mol. The highest BCUT2D eigenvalue weighted by Gasteiger charge is 2.43. The normalized spacial score (nSPS) is 21.1. The molecule has 0 spiro atoms. The summed E-state index contributed by atoms with van der Waals surface area (Å²) in [5.74, 6) is 0.906. The van der Waals surface area contributed by atoms with Crippen LogP contribution >= 0.6 is 0 Å². The van der Waals surface area contributed by atoms with Crippen molar-refractivity contribution in [3.05, 3.63) is 42.2 Å². The summed E-state index contributed by atoms with van der Waals surface area (Å²) in [6.07, 6.45) is 2.49. The molecule has 1 saturated heterocycles. The van der Waals surface area contributed by atoms with Gasteiger partial charge in [-0.1, -0.05) is 35.5 Å². The number of piperidine rings is 1. The van der Waals surface area contributed by atoms with Gasteiger partial charge in [0.25, 0.3) is 0 Å². The lowest BCUT2D eigenvalue weighted by molar-refractivity contribution is -0.135. The van der Waals surface area contributed by atoms with Crippen LogP contribution in [0.5, 0.6) is 0 Å². The molecule has 1 amide bonds. The van der Waals surface area contributed by atoms with E-state index in [0.29, 0.717) is 19.0 Å². The van der Waals surface area contributed by atoms with Crippen molar-refractivity contribution in [2.75, 3.05) is 19.6 Å². The Labute approximate surface area is 155 Å². The highest BCUT2D eigenvalue weighted by atomic mass is 16.5. The third kappa shape index (κ3) is 3.98. The zero-order valence-electron chi connectivity index (χ0n) is 16.0. The molecule has 1 fully saturated rings. The maximum atomic E-state index is 13.0. The third-order valence-corrected chi connectivity index (χ3v) is 5.30. The molecular formula is C21H29N3O2. The van der Waals surface area contributed by atoms with Crippen LogP contribution in [-0.4, -0.2) is 41.6 Å². The van der Waals surface area contributed by atoms with E-state index in [-0.39, 0.29) is 5.91 Å². The molecule has 0 unspecified atom stereocenters. The maximum Gasteiger partial charge on any atom is 0.227 e. The van der Waals surface area contributed by atoms with Gasteiger partial charge in [0.1, 0.15) is 11.5 Å². The lowest BCUT2D eigenvalue weighted by atomic mass is 9.75. The zero-order chi connectivity index (χ0) is 18.6. The molecule has 1 N–H and O–H groups in total. The smallest absolute Gasteiger partial charge is 0.227 e. The Balaban J connectivity index is 1.84. The lowest BCUT2D eigenvalue weighted by Crippen LogP contribution is -2.54. The summed E-state index contributed by atoms with van der Waals surface area (Å²) in [7, 11) is 0. The van der Waals surface area contributed by atoms with Gasteiger partial charge >= 0.3 is 0 Å². The standard InChI is InChI=1S/C21H29N3O2/c1-4-22-20(25)21(11-8-12-24(15-21)16(2)3)14-18-13-19(23-26-18)17-9-6-5-7-10-17/h5-7,9-10,13,16H,4,8,11-12,14-15H2,1-3H3,(H,22,25)/t21-/m1/s1. The van der Waals surface area contributed by atoms with E-state index in [1.807, 2.05) is 43.3 Å². The van der Waals surface area contributed by atoms with E-state index in [0.717, 1.165) is 42.9 Å². The number of benzene rings is 1. The summed E-state index contributed by atoms with van der Waals surface area (Å²) in [5, 5.41) is 7.27. The topological polar surface area (TPSA) is 58.4 Å². The highest BCUT2D eigenvalue weighted by molar-refractivity contribution is 5.83. The Hall–Kier alpha value is -2.14. The van der Waals surface area contributed by atoms with E-state index in [4.69, 9.17) is 4.52 Å². The summed E-state index contributed by atoms with van der Waals surface area (Å²) in [6.45, 7) is 8.80. The molecule has 140 valence electrons. The zero-order valence-corrected chi connectivity index (χ0v) is 16.0. The molecule has 1 aliphatic heterocycles. The molecule has 0 aliphatic carbocycles. The van der Waals surface area contributed by atoms with Crippen molar-refractivity contribution in [2.24, 2.45) is 5.41 Å². The number of nitrogens with one attached hydrogen (secondary N) is 1. The van der Waals surface area contributed by atoms with Crippen LogP contribution in [-0.2, 0) is 11.2 Å². The van der Waals surface area contributed by atoms with E-state index in [9.17, 15) is 4.79 Å². The Kier molecular flexibility index (Phi) is 5.77. The number of rotatable bonds is 6. The van der Waals surface area contributed by atoms with Gasteiger partial charge in [0.05, 0.1) is 5.41 Å². The van der Waals surface area contributed by atoms with Crippen molar-refractivity contribution in [1.29, 1.82) is 0 Å². The second-order valence-electron chi connectivity index (χ2n) is 7.53. The third-order valence-electron chi connectivity index (χ3n) is 5.30. The first-order valence-corrected chi connectivity index (χ1v) is 9.57. The fourth-order valence-corrected chi connectivity index (χ4v) is 3.84. The molecular weight excluding hydrogens is 326 g/mol. The van der Waals surface area contributed by atoms with E-state index in [1.165, 1.54) is 0 Å². The van der Waals surface area contributed by atoms with Crippen LogP contribution in [0.15, 0.2) is 40.9 Å². The Bertz CT molecular complexity index is 726. The van der Waals surface area contributed by atoms with Crippen LogP contribution in [0.2, 0.25) is 0 Å². The number of carbonyl (C=O) groups is 1. The number of hydrogen-bond acceptors (Lipinski definition) is 4. The molecule has 0 bridgehead atoms. The monoisotopic (exact) mass is 355 g/mol. The van der Waals surface area contributed by atoms with E-state index >= 15 is 0 Å². The number of hydrogen-bond donors (Lipinski definition) is 1. The SMILES string of the molecule is CCNC(=O)[C@@]1(Cc2cc(-c3ccccc3)no2)CCCN(C(C)C)C1. The quantitative estimate of drug-likeness (QED) is 0.861. The van der Waals surface area contributed by atoms with Crippen molar-refractivity contribution in [2.45, 2.75) is 46.1 Å². The molecule has 26 heavy (non-hydrogen) atoms. The van der Waals surface area contributed by atoms with Crippen LogP contribution in [0.3, 0.4) is 0 Å². The number of aromatic nitrogens is 1. The first kappa shape index (κ1) is 18.6. The van der Waals surface area contributed by atoms with Gasteiger partial charge in [0.15, 0.2) is 0 Å². The summed E-state index contributed by atoms with van der Waals surface area (Å²) in [5.41, 5.74) is 1.40. The fourth-order valence-electron chi connectivity index (χ4n) is 3.84. The summed E-state index contributed by atoms with van der Waals surface area (Å²) >= 11 is 0. The van der Waals surface area contributed by atoms with Gasteiger partial charge in [-0.15, -0.1) is 0 Å². The molecule has 1 atom stereocenters. The van der Waals surface area contributed by atoms with Crippen LogP contribution < -0.4 is 5.32 Å². The lowest BCUT2D eigenvalue weighted by Gasteiger charge is -2.43. The molecule has 5 nitrogen and oxygen atoms in total. The minimum Gasteiger partial charge on any atom is -0.361 e. The second-order valence-corrected chi connectivity index (χ2v) is 7.53.